The van der Waals surface area contributed by atoms with Gasteiger partial charge in [0.2, 0.25) is 5.91 Å². The lowest BCUT2D eigenvalue weighted by atomic mass is 10.1. The number of nitrogens with one attached hydrogen (secondary N) is 1. The molecular weight excluding hydrogens is 318 g/mol. The van der Waals surface area contributed by atoms with Crippen LogP contribution >= 0.6 is 0 Å². The van der Waals surface area contributed by atoms with Gasteiger partial charge in [0.1, 0.15) is 0 Å². The normalized spacial score (nSPS) is 16.7. The molecule has 2 aromatic rings. The first-order valence-corrected chi connectivity index (χ1v) is 8.33. The Bertz CT molecular complexity index is 775. The van der Waals surface area contributed by atoms with Crippen LogP contribution in [0, 0.1) is 6.92 Å². The van der Waals surface area contributed by atoms with Gasteiger partial charge >= 0.3 is 0 Å². The summed E-state index contributed by atoms with van der Waals surface area (Å²) >= 11 is 0. The van der Waals surface area contributed by atoms with Gasteiger partial charge in [0, 0.05) is 25.4 Å². The smallest absolute Gasteiger partial charge is 0.255 e. The Kier molecular flexibility index (Phi) is 5.02. The molecule has 25 heavy (non-hydrogen) atoms. The minimum Gasteiger partial charge on any atom is -0.351 e. The third-order valence-electron chi connectivity index (χ3n) is 4.23. The molecule has 1 fully saturated rings. The van der Waals surface area contributed by atoms with Crippen LogP contribution in [0.25, 0.3) is 0 Å². The molecule has 130 valence electrons. The first-order chi connectivity index (χ1) is 12.0. The van der Waals surface area contributed by atoms with Gasteiger partial charge < -0.3 is 10.2 Å². The summed E-state index contributed by atoms with van der Waals surface area (Å²) in [6.07, 6.45) is 6.72. The maximum Gasteiger partial charge on any atom is 0.255 e. The minimum atomic E-state index is -0.114. The molecule has 0 bridgehead atoms. The van der Waals surface area contributed by atoms with Crippen LogP contribution in [-0.2, 0) is 11.3 Å². The predicted molar refractivity (Wildman–Crippen MR) is 91.5 cm³/mol. The van der Waals surface area contributed by atoms with E-state index in [1.54, 1.807) is 24.7 Å². The van der Waals surface area contributed by atoms with E-state index in [1.807, 2.05) is 17.9 Å². The van der Waals surface area contributed by atoms with E-state index in [4.69, 9.17) is 0 Å². The van der Waals surface area contributed by atoms with Gasteiger partial charge in [-0.1, -0.05) is 0 Å². The van der Waals surface area contributed by atoms with E-state index in [2.05, 4.69) is 20.3 Å². The van der Waals surface area contributed by atoms with E-state index >= 15 is 0 Å². The number of aromatic nitrogens is 3. The van der Waals surface area contributed by atoms with Crippen LogP contribution in [0.5, 0.6) is 0 Å². The average molecular weight is 339 g/mol. The molecule has 2 amide bonds. The molecule has 7 nitrogen and oxygen atoms in total. The molecule has 1 saturated heterocycles. The zero-order valence-electron chi connectivity index (χ0n) is 14.4. The summed E-state index contributed by atoms with van der Waals surface area (Å²) < 4.78 is 0. The summed E-state index contributed by atoms with van der Waals surface area (Å²) in [5.41, 5.74) is 2.91. The first-order valence-electron chi connectivity index (χ1n) is 8.33. The monoisotopic (exact) mass is 339 g/mol. The molecule has 0 spiro atoms. The van der Waals surface area contributed by atoms with Gasteiger partial charge in [0.25, 0.3) is 5.91 Å². The lowest BCUT2D eigenvalue weighted by Gasteiger charge is -2.24. The molecule has 1 aliphatic rings. The second-order valence-electron chi connectivity index (χ2n) is 6.19. The number of carbonyl (C=O) groups excluding carboxylic acids is 2. The third-order valence-corrected chi connectivity index (χ3v) is 4.23. The Labute approximate surface area is 146 Å². The number of rotatable bonds is 4. The summed E-state index contributed by atoms with van der Waals surface area (Å²) in [6.45, 7) is 4.38. The zero-order chi connectivity index (χ0) is 17.8. The number of carbonyl (C=O) groups is 2. The second kappa shape index (κ2) is 7.38. The van der Waals surface area contributed by atoms with Crippen molar-refractivity contribution in [3.05, 3.63) is 53.4 Å². The van der Waals surface area contributed by atoms with Crippen molar-refractivity contribution < 1.29 is 9.59 Å². The quantitative estimate of drug-likeness (QED) is 0.917. The summed E-state index contributed by atoms with van der Waals surface area (Å²) in [4.78, 5) is 38.7. The molecular formula is C18H21N5O2. The van der Waals surface area contributed by atoms with E-state index in [-0.39, 0.29) is 17.9 Å². The Morgan fingerprint density at radius 1 is 1.28 bits per heavy atom. The van der Waals surface area contributed by atoms with Gasteiger partial charge in [0.05, 0.1) is 41.9 Å². The topological polar surface area (TPSA) is 88.1 Å². The molecule has 7 heteroatoms. The molecule has 0 radical (unpaired) electrons. The number of aryl methyl sites for hydroxylation is 1. The van der Waals surface area contributed by atoms with Gasteiger partial charge in [-0.15, -0.1) is 0 Å². The molecule has 3 heterocycles. The largest absolute Gasteiger partial charge is 0.351 e. The number of likely N-dealkylation sites (tertiary alicyclic amines) is 1. The highest BCUT2D eigenvalue weighted by Crippen LogP contribution is 2.31. The van der Waals surface area contributed by atoms with Crippen LogP contribution in [0.3, 0.4) is 0 Å². The van der Waals surface area contributed by atoms with Crippen LogP contribution in [0.2, 0.25) is 0 Å². The molecule has 0 aliphatic carbocycles. The summed E-state index contributed by atoms with van der Waals surface area (Å²) in [6, 6.07) is 3.55. The molecule has 1 aliphatic heterocycles. The third kappa shape index (κ3) is 3.99. The minimum absolute atomic E-state index is 0.0379. The second-order valence-corrected chi connectivity index (χ2v) is 6.19. The molecule has 0 aromatic carbocycles. The van der Waals surface area contributed by atoms with Crippen LogP contribution < -0.4 is 5.32 Å². The van der Waals surface area contributed by atoms with Gasteiger partial charge in [-0.2, -0.15) is 0 Å². The predicted octanol–water partition coefficient (Wildman–Crippen LogP) is 1.79. The van der Waals surface area contributed by atoms with Crippen molar-refractivity contribution in [1.29, 1.82) is 0 Å². The number of nitrogens with zero attached hydrogens (tertiary/aromatic N) is 4. The van der Waals surface area contributed by atoms with Crippen LogP contribution in [0.1, 0.15) is 53.2 Å². The van der Waals surface area contributed by atoms with Crippen molar-refractivity contribution in [3.63, 3.8) is 0 Å². The maximum atomic E-state index is 12.8. The number of hydrogen-bond donors (Lipinski definition) is 1. The Morgan fingerprint density at radius 3 is 2.84 bits per heavy atom. The molecule has 0 unspecified atom stereocenters. The molecule has 1 atom stereocenters. The van der Waals surface area contributed by atoms with E-state index in [0.29, 0.717) is 24.3 Å². The fraction of sp³-hybridized carbons (Fsp3) is 0.389. The SMILES string of the molecule is CC(=O)NCc1cncc([C@@H]2CCCN2C(=O)c2ccc(C)nc2)n1. The van der Waals surface area contributed by atoms with Gasteiger partial charge in [-0.05, 0) is 31.9 Å². The van der Waals surface area contributed by atoms with Crippen molar-refractivity contribution in [2.45, 2.75) is 39.3 Å². The summed E-state index contributed by atoms with van der Waals surface area (Å²) in [5, 5.41) is 2.71. The van der Waals surface area contributed by atoms with Gasteiger partial charge in [-0.25, -0.2) is 0 Å². The Hall–Kier alpha value is -2.83. The number of hydrogen-bond acceptors (Lipinski definition) is 5. The van der Waals surface area contributed by atoms with Crippen molar-refractivity contribution in [2.24, 2.45) is 0 Å². The summed E-state index contributed by atoms with van der Waals surface area (Å²) in [5.74, 6) is -0.152. The van der Waals surface area contributed by atoms with Crippen LogP contribution in [0.15, 0.2) is 30.7 Å². The molecule has 0 saturated carbocycles. The number of pyridine rings is 1. The van der Waals surface area contributed by atoms with Crippen molar-refractivity contribution in [2.75, 3.05) is 6.54 Å². The van der Waals surface area contributed by atoms with Crippen molar-refractivity contribution in [3.8, 4) is 0 Å². The van der Waals surface area contributed by atoms with Gasteiger partial charge in [-0.3, -0.25) is 24.5 Å². The van der Waals surface area contributed by atoms with E-state index in [1.165, 1.54) is 6.92 Å². The molecule has 1 N–H and O–H groups in total. The van der Waals surface area contributed by atoms with Gasteiger partial charge in [0.15, 0.2) is 0 Å². The van der Waals surface area contributed by atoms with Crippen LogP contribution in [-0.4, -0.2) is 38.2 Å². The van der Waals surface area contributed by atoms with Crippen molar-refractivity contribution in [1.82, 2.24) is 25.2 Å². The standard InChI is InChI=1S/C18H21N5O2/c1-12-5-6-14(8-20-12)18(25)23-7-3-4-17(23)16-11-19-9-15(22-16)10-21-13(2)24/h5-6,8-9,11,17H,3-4,7,10H2,1-2H3,(H,21,24)/t17-/m0/s1. The maximum absolute atomic E-state index is 12.8. The highest BCUT2D eigenvalue weighted by molar-refractivity contribution is 5.94. The van der Waals surface area contributed by atoms with Crippen molar-refractivity contribution >= 4 is 11.8 Å². The Morgan fingerprint density at radius 2 is 2.12 bits per heavy atom. The fourth-order valence-electron chi connectivity index (χ4n) is 2.96. The average Bonchev–Trinajstić information content (AvgIpc) is 3.10. The molecule has 3 rings (SSSR count). The Balaban J connectivity index is 1.79. The van der Waals surface area contributed by atoms with E-state index in [9.17, 15) is 9.59 Å². The lowest BCUT2D eigenvalue weighted by Crippen LogP contribution is -2.31. The lowest BCUT2D eigenvalue weighted by molar-refractivity contribution is -0.119. The van der Waals surface area contributed by atoms with E-state index in [0.717, 1.165) is 24.2 Å². The number of amides is 2. The fourth-order valence-corrected chi connectivity index (χ4v) is 2.96. The zero-order valence-corrected chi connectivity index (χ0v) is 14.4. The van der Waals surface area contributed by atoms with Crippen LogP contribution in [0.4, 0.5) is 0 Å². The summed E-state index contributed by atoms with van der Waals surface area (Å²) in [7, 11) is 0. The van der Waals surface area contributed by atoms with E-state index < -0.39 is 0 Å². The molecule has 2 aromatic heterocycles. The first kappa shape index (κ1) is 17.0. The highest BCUT2D eigenvalue weighted by Gasteiger charge is 2.32. The highest BCUT2D eigenvalue weighted by atomic mass is 16.2.